The average molecular weight is 454 g/mol. The minimum absolute atomic E-state index is 0.0378. The zero-order chi connectivity index (χ0) is 24.0. The second-order valence-corrected chi connectivity index (χ2v) is 7.82. The van der Waals surface area contributed by atoms with E-state index in [-0.39, 0.29) is 30.4 Å². The number of carboxylic acids is 1. The van der Waals surface area contributed by atoms with Crippen LogP contribution in [-0.4, -0.2) is 42.8 Å². The van der Waals surface area contributed by atoms with Crippen molar-refractivity contribution in [2.24, 2.45) is 5.92 Å². The molecular weight excluding hydrogens is 428 g/mol. The van der Waals surface area contributed by atoms with Gasteiger partial charge in [0.25, 0.3) is 11.8 Å². The lowest BCUT2D eigenvalue weighted by molar-refractivity contribution is -0.141. The van der Waals surface area contributed by atoms with Gasteiger partial charge in [-0.1, -0.05) is 32.0 Å². The van der Waals surface area contributed by atoms with E-state index in [0.717, 1.165) is 0 Å². The highest BCUT2D eigenvalue weighted by molar-refractivity contribution is 6.07. The van der Waals surface area contributed by atoms with Crippen molar-refractivity contribution in [3.63, 3.8) is 0 Å². The summed E-state index contributed by atoms with van der Waals surface area (Å²) < 4.78 is 15.9. The van der Waals surface area contributed by atoms with Gasteiger partial charge in [-0.15, -0.1) is 0 Å². The summed E-state index contributed by atoms with van der Waals surface area (Å²) in [6.07, 6.45) is 1.68. The number of aliphatic carboxylic acids is 1. The summed E-state index contributed by atoms with van der Waals surface area (Å²) in [6.45, 7) is 3.81. The van der Waals surface area contributed by atoms with Crippen molar-refractivity contribution in [3.8, 4) is 17.2 Å². The van der Waals surface area contributed by atoms with E-state index < -0.39 is 23.8 Å². The van der Waals surface area contributed by atoms with Crippen LogP contribution in [0.15, 0.2) is 48.2 Å². The van der Waals surface area contributed by atoms with E-state index in [9.17, 15) is 19.5 Å². The van der Waals surface area contributed by atoms with Crippen molar-refractivity contribution in [2.45, 2.75) is 26.3 Å². The van der Waals surface area contributed by atoms with E-state index in [1.807, 2.05) is 13.8 Å². The fourth-order valence-corrected chi connectivity index (χ4v) is 3.28. The first-order valence-corrected chi connectivity index (χ1v) is 10.4. The Bertz CT molecular complexity index is 1080. The van der Waals surface area contributed by atoms with Crippen LogP contribution in [0.5, 0.6) is 17.2 Å². The number of benzene rings is 2. The Morgan fingerprint density at radius 1 is 1.12 bits per heavy atom. The molecule has 0 radical (unpaired) electrons. The number of fused-ring (bicyclic) bond motifs is 1. The maximum atomic E-state index is 13.1. The molecule has 1 aliphatic heterocycles. The zero-order valence-electron chi connectivity index (χ0n) is 18.6. The van der Waals surface area contributed by atoms with Gasteiger partial charge in [0.1, 0.15) is 17.5 Å². The minimum atomic E-state index is -1.16. The van der Waals surface area contributed by atoms with Gasteiger partial charge in [0.2, 0.25) is 6.79 Å². The molecule has 0 aliphatic carbocycles. The van der Waals surface area contributed by atoms with Crippen molar-refractivity contribution in [3.05, 3.63) is 59.3 Å². The number of rotatable bonds is 9. The summed E-state index contributed by atoms with van der Waals surface area (Å²) in [5.74, 6) is -1.02. The van der Waals surface area contributed by atoms with Crippen LogP contribution in [0.2, 0.25) is 0 Å². The summed E-state index contributed by atoms with van der Waals surface area (Å²) in [4.78, 5) is 37.6. The predicted molar refractivity (Wildman–Crippen MR) is 120 cm³/mol. The first-order chi connectivity index (χ1) is 15.8. The fourth-order valence-electron chi connectivity index (χ4n) is 3.28. The molecule has 2 aromatic rings. The van der Waals surface area contributed by atoms with Gasteiger partial charge >= 0.3 is 5.97 Å². The molecule has 3 rings (SSSR count). The molecule has 0 saturated heterocycles. The lowest BCUT2D eigenvalue weighted by Crippen LogP contribution is -2.45. The summed E-state index contributed by atoms with van der Waals surface area (Å²) in [5.41, 5.74) is 0.654. The normalized spacial score (nSPS) is 13.4. The summed E-state index contributed by atoms with van der Waals surface area (Å²) in [5, 5.41) is 14.6. The Balaban J connectivity index is 1.92. The molecule has 174 valence electrons. The molecule has 1 atom stereocenters. The Kier molecular flexibility index (Phi) is 7.55. The summed E-state index contributed by atoms with van der Waals surface area (Å²) in [6, 6.07) is 10.5. The number of methoxy groups -OCH3 is 1. The van der Waals surface area contributed by atoms with Crippen LogP contribution < -0.4 is 24.8 Å². The van der Waals surface area contributed by atoms with Crippen molar-refractivity contribution in [1.29, 1.82) is 0 Å². The zero-order valence-corrected chi connectivity index (χ0v) is 18.6. The van der Waals surface area contributed by atoms with Crippen molar-refractivity contribution in [1.82, 2.24) is 10.6 Å². The number of hydrogen-bond donors (Lipinski definition) is 3. The highest BCUT2D eigenvalue weighted by Gasteiger charge is 2.25. The molecule has 9 nitrogen and oxygen atoms in total. The number of ether oxygens (including phenoxy) is 3. The molecule has 33 heavy (non-hydrogen) atoms. The maximum absolute atomic E-state index is 13.1. The maximum Gasteiger partial charge on any atom is 0.326 e. The Labute approximate surface area is 191 Å². The van der Waals surface area contributed by atoms with Crippen molar-refractivity contribution < 1.29 is 33.7 Å². The lowest BCUT2D eigenvalue weighted by Gasteiger charge is -2.18. The molecule has 1 unspecified atom stereocenters. The smallest absolute Gasteiger partial charge is 0.326 e. The highest BCUT2D eigenvalue weighted by Crippen LogP contribution is 2.33. The van der Waals surface area contributed by atoms with Gasteiger partial charge in [0.15, 0.2) is 11.5 Å². The topological polar surface area (TPSA) is 123 Å². The molecule has 0 fully saturated rings. The molecule has 0 spiro atoms. The predicted octanol–water partition coefficient (Wildman–Crippen LogP) is 2.81. The quantitative estimate of drug-likeness (QED) is 0.498. The van der Waals surface area contributed by atoms with Gasteiger partial charge in [-0.25, -0.2) is 4.79 Å². The lowest BCUT2D eigenvalue weighted by atomic mass is 10.0. The highest BCUT2D eigenvalue weighted by atomic mass is 16.7. The van der Waals surface area contributed by atoms with Crippen molar-refractivity contribution >= 4 is 23.9 Å². The molecular formula is C24H26N2O7. The second-order valence-electron chi connectivity index (χ2n) is 7.82. The van der Waals surface area contributed by atoms with Crippen LogP contribution in [0.25, 0.3) is 6.08 Å². The number of carboxylic acid groups (broad SMARTS) is 1. The van der Waals surface area contributed by atoms with Gasteiger partial charge in [-0.05, 0) is 48.2 Å². The van der Waals surface area contributed by atoms with E-state index >= 15 is 0 Å². The number of nitrogens with one attached hydrogen (secondary N) is 2. The third-order valence-electron chi connectivity index (χ3n) is 4.86. The molecule has 9 heteroatoms. The number of carbonyl (C=O) groups excluding carboxylic acids is 2. The summed E-state index contributed by atoms with van der Waals surface area (Å²) in [7, 11) is 1.44. The first-order valence-electron chi connectivity index (χ1n) is 10.4. The average Bonchev–Trinajstić information content (AvgIpc) is 3.25. The van der Waals surface area contributed by atoms with E-state index in [1.165, 1.54) is 13.2 Å². The van der Waals surface area contributed by atoms with Gasteiger partial charge < -0.3 is 30.0 Å². The Hall–Kier alpha value is -4.01. The van der Waals surface area contributed by atoms with Crippen LogP contribution in [-0.2, 0) is 9.59 Å². The van der Waals surface area contributed by atoms with E-state index in [1.54, 1.807) is 42.5 Å². The SMILES string of the molecule is COc1ccccc1C(=O)N/C(=C\c1ccc2c(c1)OCO2)C(=O)NC(CC(C)C)C(=O)O. The molecule has 2 amide bonds. The summed E-state index contributed by atoms with van der Waals surface area (Å²) >= 11 is 0. The monoisotopic (exact) mass is 454 g/mol. The van der Waals surface area contributed by atoms with Gasteiger partial charge in [-0.2, -0.15) is 0 Å². The molecule has 1 heterocycles. The molecule has 2 aromatic carbocycles. The second kappa shape index (κ2) is 10.5. The van der Waals surface area contributed by atoms with Gasteiger partial charge in [0.05, 0.1) is 12.7 Å². The van der Waals surface area contributed by atoms with Crippen LogP contribution in [0, 0.1) is 5.92 Å². The fraction of sp³-hybridized carbons (Fsp3) is 0.292. The number of para-hydroxylation sites is 1. The standard InChI is InChI=1S/C24H26N2O7/c1-14(2)10-18(24(29)30)26-23(28)17(11-15-8-9-20-21(12-15)33-13-32-20)25-22(27)16-6-4-5-7-19(16)31-3/h4-9,11-12,14,18H,10,13H2,1-3H3,(H,25,27)(H,26,28)(H,29,30)/b17-11-. The van der Waals surface area contributed by atoms with Crippen LogP contribution >= 0.6 is 0 Å². The number of hydrogen-bond acceptors (Lipinski definition) is 6. The van der Waals surface area contributed by atoms with E-state index in [0.29, 0.717) is 22.8 Å². The minimum Gasteiger partial charge on any atom is -0.496 e. The van der Waals surface area contributed by atoms with Crippen LogP contribution in [0.1, 0.15) is 36.2 Å². The van der Waals surface area contributed by atoms with Crippen LogP contribution in [0.4, 0.5) is 0 Å². The Morgan fingerprint density at radius 3 is 2.55 bits per heavy atom. The van der Waals surface area contributed by atoms with E-state index in [2.05, 4.69) is 10.6 Å². The van der Waals surface area contributed by atoms with Gasteiger partial charge in [-0.3, -0.25) is 9.59 Å². The largest absolute Gasteiger partial charge is 0.496 e. The first kappa shape index (κ1) is 23.6. The third kappa shape index (κ3) is 6.03. The molecule has 0 saturated carbocycles. The molecule has 1 aliphatic rings. The number of amides is 2. The Morgan fingerprint density at radius 2 is 1.85 bits per heavy atom. The van der Waals surface area contributed by atoms with E-state index in [4.69, 9.17) is 14.2 Å². The van der Waals surface area contributed by atoms with Crippen LogP contribution in [0.3, 0.4) is 0 Å². The van der Waals surface area contributed by atoms with Gasteiger partial charge in [0, 0.05) is 0 Å². The molecule has 0 aromatic heterocycles. The molecule has 0 bridgehead atoms. The van der Waals surface area contributed by atoms with Crippen molar-refractivity contribution in [2.75, 3.05) is 13.9 Å². The third-order valence-corrected chi connectivity index (χ3v) is 4.86. The molecule has 3 N–H and O–H groups in total. The number of carbonyl (C=O) groups is 3.